The predicted molar refractivity (Wildman–Crippen MR) is 88.0 cm³/mol. The van der Waals surface area contributed by atoms with E-state index >= 15 is 0 Å². The fourth-order valence-corrected chi connectivity index (χ4v) is 4.19. The molecule has 3 heteroatoms. The zero-order valence-corrected chi connectivity index (χ0v) is 14.5. The molecule has 3 atom stereocenters. The maximum Gasteiger partial charge on any atom is 0.241 e. The van der Waals surface area contributed by atoms with Crippen LogP contribution in [0.25, 0.3) is 0 Å². The Morgan fingerprint density at radius 2 is 1.95 bits per heavy atom. The first kappa shape index (κ1) is 16.8. The van der Waals surface area contributed by atoms with Crippen molar-refractivity contribution in [2.45, 2.75) is 104 Å². The van der Waals surface area contributed by atoms with Crippen LogP contribution in [0.5, 0.6) is 0 Å². The summed E-state index contributed by atoms with van der Waals surface area (Å²) in [6.45, 7) is 9.12. The van der Waals surface area contributed by atoms with E-state index in [0.29, 0.717) is 11.9 Å². The predicted octanol–water partition coefficient (Wildman–Crippen LogP) is 4.07. The quantitative estimate of drug-likeness (QED) is 0.801. The molecule has 21 heavy (non-hydrogen) atoms. The standard InChI is InChI=1S/C18H34N2O/c1-5-7-11-14-17(21)20(16(19-14)10-6-2)15-12-8-9-13-18(15,3)4/h14-16,19H,5-13H2,1-4H3. The summed E-state index contributed by atoms with van der Waals surface area (Å²) in [5.41, 5.74) is 0.265. The van der Waals surface area contributed by atoms with Gasteiger partial charge < -0.3 is 4.90 Å². The molecule has 2 rings (SSSR count). The van der Waals surface area contributed by atoms with Crippen molar-refractivity contribution in [2.75, 3.05) is 0 Å². The van der Waals surface area contributed by atoms with E-state index in [0.717, 1.165) is 25.7 Å². The van der Waals surface area contributed by atoms with Crippen molar-refractivity contribution < 1.29 is 4.79 Å². The van der Waals surface area contributed by atoms with Crippen LogP contribution in [0.1, 0.15) is 85.5 Å². The molecule has 1 N–H and O–H groups in total. The van der Waals surface area contributed by atoms with Gasteiger partial charge in [0.05, 0.1) is 12.2 Å². The van der Waals surface area contributed by atoms with Gasteiger partial charge in [0, 0.05) is 6.04 Å². The van der Waals surface area contributed by atoms with Gasteiger partial charge in [0.1, 0.15) is 0 Å². The molecule has 1 saturated carbocycles. The Labute approximate surface area is 130 Å². The minimum absolute atomic E-state index is 0.0687. The molecule has 1 aliphatic heterocycles. The van der Waals surface area contributed by atoms with E-state index in [2.05, 4.69) is 37.9 Å². The average Bonchev–Trinajstić information content (AvgIpc) is 2.73. The number of nitrogens with zero attached hydrogens (tertiary/aromatic N) is 1. The van der Waals surface area contributed by atoms with Crippen LogP contribution in [0.3, 0.4) is 0 Å². The minimum atomic E-state index is 0.0687. The molecule has 3 nitrogen and oxygen atoms in total. The van der Waals surface area contributed by atoms with Crippen LogP contribution in [0.15, 0.2) is 0 Å². The van der Waals surface area contributed by atoms with Gasteiger partial charge >= 0.3 is 0 Å². The smallest absolute Gasteiger partial charge is 0.241 e. The van der Waals surface area contributed by atoms with Gasteiger partial charge in [0.25, 0.3) is 0 Å². The van der Waals surface area contributed by atoms with E-state index in [-0.39, 0.29) is 17.6 Å². The zero-order chi connectivity index (χ0) is 15.5. The van der Waals surface area contributed by atoms with E-state index in [1.165, 1.54) is 32.1 Å². The Balaban J connectivity index is 2.15. The minimum Gasteiger partial charge on any atom is -0.322 e. The van der Waals surface area contributed by atoms with Crippen LogP contribution in [0.4, 0.5) is 0 Å². The number of unbranched alkanes of at least 4 members (excludes halogenated alkanes) is 1. The Bertz CT molecular complexity index is 353. The highest BCUT2D eigenvalue weighted by Gasteiger charge is 2.46. The summed E-state index contributed by atoms with van der Waals surface area (Å²) in [7, 11) is 0. The summed E-state index contributed by atoms with van der Waals surface area (Å²) in [6.07, 6.45) is 10.8. The summed E-state index contributed by atoms with van der Waals surface area (Å²) in [4.78, 5) is 15.2. The average molecular weight is 294 g/mol. The third-order valence-corrected chi connectivity index (χ3v) is 5.48. The van der Waals surface area contributed by atoms with Crippen molar-refractivity contribution in [2.24, 2.45) is 5.41 Å². The van der Waals surface area contributed by atoms with E-state index in [4.69, 9.17) is 0 Å². The number of amides is 1. The third kappa shape index (κ3) is 3.61. The number of nitrogens with one attached hydrogen (secondary N) is 1. The van der Waals surface area contributed by atoms with Crippen molar-refractivity contribution >= 4 is 5.91 Å². The lowest BCUT2D eigenvalue weighted by Gasteiger charge is -2.45. The monoisotopic (exact) mass is 294 g/mol. The fourth-order valence-electron chi connectivity index (χ4n) is 4.19. The summed E-state index contributed by atoms with van der Waals surface area (Å²) >= 11 is 0. The van der Waals surface area contributed by atoms with Gasteiger partial charge in [0.15, 0.2) is 0 Å². The van der Waals surface area contributed by atoms with E-state index < -0.39 is 0 Å². The molecule has 2 aliphatic rings. The maximum absolute atomic E-state index is 12.9. The Kier molecular flexibility index (Phi) is 5.70. The van der Waals surface area contributed by atoms with Crippen LogP contribution in [0, 0.1) is 5.41 Å². The first-order valence-corrected chi connectivity index (χ1v) is 9.09. The maximum atomic E-state index is 12.9. The Hall–Kier alpha value is -0.570. The van der Waals surface area contributed by atoms with Crippen molar-refractivity contribution in [3.8, 4) is 0 Å². The largest absolute Gasteiger partial charge is 0.322 e. The summed E-state index contributed by atoms with van der Waals surface area (Å²) < 4.78 is 0. The molecule has 0 aromatic rings. The summed E-state index contributed by atoms with van der Waals surface area (Å²) in [6, 6.07) is 0.494. The molecule has 122 valence electrons. The van der Waals surface area contributed by atoms with Crippen molar-refractivity contribution in [1.82, 2.24) is 10.2 Å². The van der Waals surface area contributed by atoms with Crippen molar-refractivity contribution in [3.05, 3.63) is 0 Å². The normalized spacial score (nSPS) is 32.7. The Morgan fingerprint density at radius 1 is 1.19 bits per heavy atom. The molecule has 0 radical (unpaired) electrons. The lowest BCUT2D eigenvalue weighted by molar-refractivity contribution is -0.136. The zero-order valence-electron chi connectivity index (χ0n) is 14.5. The van der Waals surface area contributed by atoms with Crippen LogP contribution in [0.2, 0.25) is 0 Å². The lowest BCUT2D eigenvalue weighted by Crippen LogP contribution is -2.52. The molecule has 1 saturated heterocycles. The van der Waals surface area contributed by atoms with Crippen molar-refractivity contribution in [3.63, 3.8) is 0 Å². The summed E-state index contributed by atoms with van der Waals surface area (Å²) in [5, 5.41) is 3.64. The molecular weight excluding hydrogens is 260 g/mol. The highest BCUT2D eigenvalue weighted by Crippen LogP contribution is 2.41. The topological polar surface area (TPSA) is 32.3 Å². The van der Waals surface area contributed by atoms with Gasteiger partial charge in [-0.05, 0) is 31.1 Å². The van der Waals surface area contributed by atoms with Crippen LogP contribution in [-0.4, -0.2) is 29.1 Å². The third-order valence-electron chi connectivity index (χ3n) is 5.48. The molecule has 1 amide bonds. The lowest BCUT2D eigenvalue weighted by atomic mass is 9.72. The second-order valence-electron chi connectivity index (χ2n) is 7.66. The number of rotatable bonds is 6. The van der Waals surface area contributed by atoms with Gasteiger partial charge in [-0.15, -0.1) is 0 Å². The van der Waals surface area contributed by atoms with E-state index in [1.54, 1.807) is 0 Å². The second-order valence-corrected chi connectivity index (χ2v) is 7.66. The molecule has 0 bridgehead atoms. The van der Waals surface area contributed by atoms with Crippen LogP contribution in [-0.2, 0) is 4.79 Å². The van der Waals surface area contributed by atoms with Crippen molar-refractivity contribution in [1.29, 1.82) is 0 Å². The van der Waals surface area contributed by atoms with E-state index in [9.17, 15) is 4.79 Å². The van der Waals surface area contributed by atoms with Crippen LogP contribution < -0.4 is 5.32 Å². The fraction of sp³-hybridized carbons (Fsp3) is 0.944. The number of hydrogen-bond donors (Lipinski definition) is 1. The van der Waals surface area contributed by atoms with E-state index in [1.807, 2.05) is 0 Å². The second kappa shape index (κ2) is 7.13. The highest BCUT2D eigenvalue weighted by atomic mass is 16.2. The van der Waals surface area contributed by atoms with Gasteiger partial charge in [-0.2, -0.15) is 0 Å². The molecule has 0 spiro atoms. The molecule has 1 heterocycles. The summed E-state index contributed by atoms with van der Waals surface area (Å²) in [5.74, 6) is 0.377. The molecular formula is C18H34N2O. The SMILES string of the molecule is CCCCC1NC(CCC)N(C2CCCCC2(C)C)C1=O. The number of carbonyl (C=O) groups excluding carboxylic acids is 1. The number of hydrogen-bond acceptors (Lipinski definition) is 2. The molecule has 2 fully saturated rings. The van der Waals surface area contributed by atoms with Crippen LogP contribution >= 0.6 is 0 Å². The first-order valence-electron chi connectivity index (χ1n) is 9.09. The molecule has 3 unspecified atom stereocenters. The van der Waals surface area contributed by atoms with Gasteiger partial charge in [-0.3, -0.25) is 10.1 Å². The molecule has 0 aromatic heterocycles. The molecule has 1 aliphatic carbocycles. The van der Waals surface area contributed by atoms with Gasteiger partial charge in [-0.1, -0.05) is 59.8 Å². The van der Waals surface area contributed by atoms with Gasteiger partial charge in [-0.25, -0.2) is 0 Å². The Morgan fingerprint density at radius 3 is 2.57 bits per heavy atom. The number of carbonyl (C=O) groups is 1. The first-order chi connectivity index (χ1) is 10.0. The molecule has 0 aromatic carbocycles. The van der Waals surface area contributed by atoms with Gasteiger partial charge in [0.2, 0.25) is 5.91 Å². The highest BCUT2D eigenvalue weighted by molar-refractivity contribution is 5.84.